The number of aliphatic imine (C=N–C) groups is 1. The third-order valence-corrected chi connectivity index (χ3v) is 6.66. The van der Waals surface area contributed by atoms with Crippen LogP contribution in [0.5, 0.6) is 0 Å². The molecule has 30 heavy (non-hydrogen) atoms. The first-order valence-corrected chi connectivity index (χ1v) is 11.0. The zero-order chi connectivity index (χ0) is 21.6. The van der Waals surface area contributed by atoms with Gasteiger partial charge in [-0.3, -0.25) is 14.6 Å². The Bertz CT molecular complexity index is 957. The van der Waals surface area contributed by atoms with Gasteiger partial charge in [-0.1, -0.05) is 26.0 Å². The minimum absolute atomic E-state index is 0.112. The number of nitrogens with zero attached hydrogens (tertiary/aromatic N) is 2. The van der Waals surface area contributed by atoms with E-state index >= 15 is 0 Å². The fourth-order valence-corrected chi connectivity index (χ4v) is 5.34. The average Bonchev–Trinajstić information content (AvgIpc) is 2.66. The van der Waals surface area contributed by atoms with Gasteiger partial charge < -0.3 is 9.64 Å². The van der Waals surface area contributed by atoms with Crippen LogP contribution in [-0.4, -0.2) is 37.7 Å². The number of allylic oxidation sites excluding steroid dienone is 2. The van der Waals surface area contributed by atoms with Crippen molar-refractivity contribution in [3.05, 3.63) is 40.6 Å². The van der Waals surface area contributed by atoms with Gasteiger partial charge in [0.15, 0.2) is 5.78 Å². The van der Waals surface area contributed by atoms with Gasteiger partial charge in [-0.15, -0.1) is 0 Å². The Labute approximate surface area is 179 Å². The Kier molecular flexibility index (Phi) is 5.33. The van der Waals surface area contributed by atoms with Crippen LogP contribution in [0.25, 0.3) is 0 Å². The predicted octanol–water partition coefficient (Wildman–Crippen LogP) is 4.45. The van der Waals surface area contributed by atoms with Crippen molar-refractivity contribution in [2.24, 2.45) is 16.3 Å². The van der Waals surface area contributed by atoms with Crippen LogP contribution in [0, 0.1) is 11.3 Å². The van der Waals surface area contributed by atoms with Crippen LogP contribution in [0.2, 0.25) is 0 Å². The average molecular weight is 409 g/mol. The predicted molar refractivity (Wildman–Crippen MR) is 119 cm³/mol. The van der Waals surface area contributed by atoms with Gasteiger partial charge in [0.05, 0.1) is 6.61 Å². The number of esters is 1. The van der Waals surface area contributed by atoms with Crippen LogP contribution in [0.1, 0.15) is 64.0 Å². The maximum atomic E-state index is 13.3. The van der Waals surface area contributed by atoms with E-state index in [2.05, 4.69) is 44.0 Å². The summed E-state index contributed by atoms with van der Waals surface area (Å²) in [5.74, 6) is -1.04. The number of ether oxygens (including phenoxy) is 1. The second-order valence-corrected chi connectivity index (χ2v) is 9.68. The van der Waals surface area contributed by atoms with E-state index in [4.69, 9.17) is 9.73 Å². The van der Waals surface area contributed by atoms with Crippen molar-refractivity contribution in [1.82, 2.24) is 0 Å². The molecule has 2 atom stereocenters. The minimum atomic E-state index is -0.548. The van der Waals surface area contributed by atoms with Crippen molar-refractivity contribution < 1.29 is 14.3 Å². The molecule has 1 aromatic rings. The van der Waals surface area contributed by atoms with E-state index in [-0.39, 0.29) is 23.1 Å². The molecule has 2 aliphatic heterocycles. The standard InChI is InChI=1S/C25H32N2O3/c1-6-30-24(29)21-15(2)26-18-13-25(3,4)14-20(28)23(18)22(21)17-9-10-19-16(12-17)8-7-11-27(19)5/h9-10,12,21-22H,6-8,11,13-14H2,1-5H3/t21?,22-/m1/s1. The molecule has 0 N–H and O–H groups in total. The molecule has 0 amide bonds. The van der Waals surface area contributed by atoms with Crippen LogP contribution in [0.3, 0.4) is 0 Å². The number of carbonyl (C=O) groups is 2. The number of Topliss-reactive ketones (excluding diaryl/α,β-unsaturated/α-hetero) is 1. The summed E-state index contributed by atoms with van der Waals surface area (Å²) in [6, 6.07) is 6.44. The van der Waals surface area contributed by atoms with E-state index in [0.717, 1.165) is 48.4 Å². The lowest BCUT2D eigenvalue weighted by atomic mass is 9.66. The summed E-state index contributed by atoms with van der Waals surface area (Å²) in [5.41, 5.74) is 5.77. The number of fused-ring (bicyclic) bond motifs is 1. The molecule has 5 heteroatoms. The van der Waals surface area contributed by atoms with Crippen LogP contribution >= 0.6 is 0 Å². The number of benzene rings is 1. The molecule has 0 spiro atoms. The van der Waals surface area contributed by atoms with Gasteiger partial charge in [0.1, 0.15) is 5.92 Å². The minimum Gasteiger partial charge on any atom is -0.465 e. The first-order valence-electron chi connectivity index (χ1n) is 11.0. The van der Waals surface area contributed by atoms with E-state index in [9.17, 15) is 9.59 Å². The first-order chi connectivity index (χ1) is 14.2. The third kappa shape index (κ3) is 3.59. The summed E-state index contributed by atoms with van der Waals surface area (Å²) in [6.07, 6.45) is 3.37. The number of hydrogen-bond acceptors (Lipinski definition) is 5. The molecule has 1 aliphatic carbocycles. The van der Waals surface area contributed by atoms with Crippen molar-refractivity contribution >= 4 is 23.2 Å². The highest BCUT2D eigenvalue weighted by Gasteiger charge is 2.46. The fourth-order valence-electron chi connectivity index (χ4n) is 5.34. The van der Waals surface area contributed by atoms with Crippen LogP contribution < -0.4 is 4.90 Å². The van der Waals surface area contributed by atoms with E-state index in [1.54, 1.807) is 0 Å². The molecule has 0 aromatic heterocycles. The van der Waals surface area contributed by atoms with E-state index in [0.29, 0.717) is 13.0 Å². The molecule has 0 saturated heterocycles. The largest absolute Gasteiger partial charge is 0.465 e. The molecule has 2 heterocycles. The molecular formula is C25H32N2O3. The second kappa shape index (κ2) is 7.68. The lowest BCUT2D eigenvalue weighted by molar-refractivity contribution is -0.146. The maximum Gasteiger partial charge on any atom is 0.315 e. The molecule has 1 unspecified atom stereocenters. The highest BCUT2D eigenvalue weighted by molar-refractivity contribution is 6.09. The monoisotopic (exact) mass is 408 g/mol. The van der Waals surface area contributed by atoms with Crippen LogP contribution in [0.4, 0.5) is 5.69 Å². The Morgan fingerprint density at radius 1 is 1.30 bits per heavy atom. The Balaban J connectivity index is 1.86. The summed E-state index contributed by atoms with van der Waals surface area (Å²) < 4.78 is 5.43. The van der Waals surface area contributed by atoms with Gasteiger partial charge in [0.25, 0.3) is 0 Å². The van der Waals surface area contributed by atoms with Crippen LogP contribution in [-0.2, 0) is 20.7 Å². The number of aryl methyl sites for hydroxylation is 1. The van der Waals surface area contributed by atoms with Gasteiger partial charge in [-0.25, -0.2) is 0 Å². The molecular weight excluding hydrogens is 376 g/mol. The van der Waals surface area contributed by atoms with Crippen molar-refractivity contribution in [2.45, 2.75) is 59.3 Å². The van der Waals surface area contributed by atoms with Gasteiger partial charge in [0, 0.05) is 48.6 Å². The number of carbonyl (C=O) groups excluding carboxylic acids is 2. The zero-order valence-corrected chi connectivity index (χ0v) is 18.7. The summed E-state index contributed by atoms with van der Waals surface area (Å²) in [4.78, 5) is 33.4. The smallest absolute Gasteiger partial charge is 0.315 e. The van der Waals surface area contributed by atoms with E-state index in [1.807, 2.05) is 13.8 Å². The number of anilines is 1. The number of hydrogen-bond donors (Lipinski definition) is 0. The topological polar surface area (TPSA) is 59.0 Å². The second-order valence-electron chi connectivity index (χ2n) is 9.68. The first kappa shape index (κ1) is 20.8. The Morgan fingerprint density at radius 2 is 2.07 bits per heavy atom. The third-order valence-electron chi connectivity index (χ3n) is 6.66. The molecule has 0 radical (unpaired) electrons. The van der Waals surface area contributed by atoms with Gasteiger partial charge in [0.2, 0.25) is 0 Å². The quantitative estimate of drug-likeness (QED) is 0.694. The molecule has 0 fully saturated rings. The molecule has 160 valence electrons. The van der Waals surface area contributed by atoms with Gasteiger partial charge in [-0.05, 0) is 55.7 Å². The number of rotatable bonds is 3. The van der Waals surface area contributed by atoms with Crippen molar-refractivity contribution in [3.63, 3.8) is 0 Å². The molecule has 0 saturated carbocycles. The summed E-state index contributed by atoms with van der Waals surface area (Å²) in [6.45, 7) is 9.31. The molecule has 1 aromatic carbocycles. The van der Waals surface area contributed by atoms with Crippen molar-refractivity contribution in [3.8, 4) is 0 Å². The van der Waals surface area contributed by atoms with Gasteiger partial charge >= 0.3 is 5.97 Å². The van der Waals surface area contributed by atoms with Gasteiger partial charge in [-0.2, -0.15) is 0 Å². The summed E-state index contributed by atoms with van der Waals surface area (Å²) in [7, 11) is 2.11. The Hall–Kier alpha value is -2.43. The van der Waals surface area contributed by atoms with Crippen LogP contribution in [0.15, 0.2) is 34.5 Å². The highest BCUT2D eigenvalue weighted by Crippen LogP contribution is 2.48. The molecule has 0 bridgehead atoms. The molecule has 5 nitrogen and oxygen atoms in total. The summed E-state index contributed by atoms with van der Waals surface area (Å²) >= 11 is 0. The van der Waals surface area contributed by atoms with Crippen molar-refractivity contribution in [2.75, 3.05) is 25.1 Å². The maximum absolute atomic E-state index is 13.3. The SMILES string of the molecule is CCOC(=O)C1C(C)=NC2=C(C(=O)CC(C)(C)C2)[C@@H]1c1ccc2c(c1)CCCN2C. The van der Waals surface area contributed by atoms with E-state index in [1.165, 1.54) is 11.3 Å². The fraction of sp³-hybridized carbons (Fsp3) is 0.560. The van der Waals surface area contributed by atoms with Crippen molar-refractivity contribution in [1.29, 1.82) is 0 Å². The van der Waals surface area contributed by atoms with E-state index < -0.39 is 5.92 Å². The molecule has 3 aliphatic rings. The zero-order valence-electron chi connectivity index (χ0n) is 18.7. The Morgan fingerprint density at radius 3 is 2.80 bits per heavy atom. The summed E-state index contributed by atoms with van der Waals surface area (Å²) in [5, 5.41) is 0. The molecule has 4 rings (SSSR count). The lowest BCUT2D eigenvalue weighted by Crippen LogP contribution is -2.39. The number of ketones is 1. The normalized spacial score (nSPS) is 25.4. The highest BCUT2D eigenvalue weighted by atomic mass is 16.5. The lowest BCUT2D eigenvalue weighted by Gasteiger charge is -2.39.